The van der Waals surface area contributed by atoms with Gasteiger partial charge in [0.2, 0.25) is 5.91 Å². The van der Waals surface area contributed by atoms with E-state index in [4.69, 9.17) is 10.6 Å². The first-order chi connectivity index (χ1) is 8.16. The highest BCUT2D eigenvalue weighted by Crippen LogP contribution is 2.40. The Hall–Kier alpha value is -1.39. The molecule has 1 aromatic rings. The van der Waals surface area contributed by atoms with Gasteiger partial charge < -0.3 is 5.73 Å². The van der Waals surface area contributed by atoms with Gasteiger partial charge in [0, 0.05) is 0 Å². The highest BCUT2D eigenvalue weighted by Gasteiger charge is 2.32. The van der Waals surface area contributed by atoms with Crippen LogP contribution in [0.25, 0.3) is 0 Å². The van der Waals surface area contributed by atoms with Gasteiger partial charge in [0.05, 0.1) is 6.04 Å². The Morgan fingerprint density at radius 1 is 1.47 bits per heavy atom. The number of carbonyl (C=O) groups excluding carboxylic acids is 1. The van der Waals surface area contributed by atoms with Crippen LogP contribution in [0.3, 0.4) is 0 Å². The smallest absolute Gasteiger partial charge is 0.245 e. The molecule has 0 aliphatic heterocycles. The Kier molecular flexibility index (Phi) is 3.76. The van der Waals surface area contributed by atoms with E-state index >= 15 is 0 Å². The van der Waals surface area contributed by atoms with Crippen molar-refractivity contribution in [2.45, 2.75) is 25.8 Å². The maximum absolute atomic E-state index is 10.6. The molecular weight excluding hydrogens is 216 g/mol. The summed E-state index contributed by atoms with van der Waals surface area (Å²) in [5.74, 6) is 0.140. The Balaban J connectivity index is 1.97. The number of nitrogens with one attached hydrogen (secondary N) is 1. The Morgan fingerprint density at radius 2 is 2.12 bits per heavy atom. The van der Waals surface area contributed by atoms with Gasteiger partial charge in [-0.15, -0.1) is 0 Å². The van der Waals surface area contributed by atoms with Crippen molar-refractivity contribution >= 4 is 5.91 Å². The third-order valence-corrected chi connectivity index (χ3v) is 2.95. The maximum atomic E-state index is 10.6. The summed E-state index contributed by atoms with van der Waals surface area (Å²) in [5.41, 5.74) is 10.4. The van der Waals surface area contributed by atoms with Gasteiger partial charge in [0.25, 0.3) is 0 Å². The molecule has 17 heavy (non-hydrogen) atoms. The minimum absolute atomic E-state index is 0.0882. The van der Waals surface area contributed by atoms with Gasteiger partial charge >= 0.3 is 0 Å². The van der Waals surface area contributed by atoms with Crippen LogP contribution in [0.15, 0.2) is 24.3 Å². The van der Waals surface area contributed by atoms with E-state index in [0.29, 0.717) is 5.92 Å². The largest absolute Gasteiger partial charge is 0.368 e. The molecule has 92 valence electrons. The Morgan fingerprint density at radius 3 is 2.65 bits per heavy atom. The van der Waals surface area contributed by atoms with Crippen molar-refractivity contribution in [1.29, 1.82) is 0 Å². The molecule has 0 radical (unpaired) electrons. The van der Waals surface area contributed by atoms with E-state index in [-0.39, 0.29) is 12.6 Å². The molecule has 0 spiro atoms. The first-order valence-electron chi connectivity index (χ1n) is 5.89. The van der Waals surface area contributed by atoms with Crippen LogP contribution in [-0.4, -0.2) is 12.5 Å². The van der Waals surface area contributed by atoms with E-state index in [1.807, 2.05) is 0 Å². The molecule has 1 amide bonds. The quantitative estimate of drug-likeness (QED) is 0.732. The average molecular weight is 234 g/mol. The summed E-state index contributed by atoms with van der Waals surface area (Å²) in [6, 6.07) is 8.52. The van der Waals surface area contributed by atoms with Crippen LogP contribution < -0.4 is 11.2 Å². The van der Waals surface area contributed by atoms with Crippen molar-refractivity contribution in [2.75, 3.05) is 6.61 Å². The zero-order chi connectivity index (χ0) is 12.3. The number of carbonyl (C=O) groups is 1. The van der Waals surface area contributed by atoms with E-state index in [0.717, 1.165) is 0 Å². The first kappa shape index (κ1) is 12.1. The summed E-state index contributed by atoms with van der Waals surface area (Å²) in [5, 5.41) is 0. The predicted octanol–water partition coefficient (Wildman–Crippen LogP) is 1.45. The molecule has 3 N–H and O–H groups in total. The SMILES string of the molecule is Cc1ccc(C(NOCC(N)=O)C2CC2)cc1. The fraction of sp³-hybridized carbons (Fsp3) is 0.462. The topological polar surface area (TPSA) is 64.3 Å². The zero-order valence-corrected chi connectivity index (χ0v) is 9.98. The molecule has 0 bridgehead atoms. The highest BCUT2D eigenvalue weighted by molar-refractivity contribution is 5.74. The van der Waals surface area contributed by atoms with Crippen LogP contribution in [0.5, 0.6) is 0 Å². The Bertz CT molecular complexity index is 385. The van der Waals surface area contributed by atoms with E-state index < -0.39 is 5.91 Å². The molecule has 1 atom stereocenters. The van der Waals surface area contributed by atoms with Crippen molar-refractivity contribution in [3.05, 3.63) is 35.4 Å². The van der Waals surface area contributed by atoms with E-state index in [1.165, 1.54) is 24.0 Å². The number of hydrogen-bond donors (Lipinski definition) is 2. The first-order valence-corrected chi connectivity index (χ1v) is 5.89. The van der Waals surface area contributed by atoms with Crippen molar-refractivity contribution in [1.82, 2.24) is 5.48 Å². The minimum Gasteiger partial charge on any atom is -0.368 e. The minimum atomic E-state index is -0.462. The van der Waals surface area contributed by atoms with Gasteiger partial charge in [-0.05, 0) is 31.2 Å². The summed E-state index contributed by atoms with van der Waals surface area (Å²) in [6.45, 7) is 1.97. The lowest BCUT2D eigenvalue weighted by Crippen LogP contribution is -2.29. The van der Waals surface area contributed by atoms with Crippen molar-refractivity contribution in [3.63, 3.8) is 0 Å². The lowest BCUT2D eigenvalue weighted by molar-refractivity contribution is -0.126. The number of aryl methyl sites for hydroxylation is 1. The van der Waals surface area contributed by atoms with E-state index in [1.54, 1.807) is 0 Å². The molecule has 0 saturated heterocycles. The number of amides is 1. The highest BCUT2D eigenvalue weighted by atomic mass is 16.6. The number of rotatable bonds is 6. The fourth-order valence-electron chi connectivity index (χ4n) is 1.84. The van der Waals surface area contributed by atoms with Crippen LogP contribution in [0.4, 0.5) is 0 Å². The predicted molar refractivity (Wildman–Crippen MR) is 64.9 cm³/mol. The standard InChI is InChI=1S/C13H18N2O2/c1-9-2-4-10(5-3-9)13(11-6-7-11)15-17-8-12(14)16/h2-5,11,13,15H,6-8H2,1H3,(H2,14,16). The number of nitrogens with two attached hydrogens (primary N) is 1. The molecule has 1 aliphatic rings. The molecule has 4 heteroatoms. The van der Waals surface area contributed by atoms with Crippen LogP contribution in [0.2, 0.25) is 0 Å². The van der Waals surface area contributed by atoms with Crippen LogP contribution in [0, 0.1) is 12.8 Å². The van der Waals surface area contributed by atoms with E-state index in [2.05, 4.69) is 36.7 Å². The zero-order valence-electron chi connectivity index (χ0n) is 9.98. The van der Waals surface area contributed by atoms with Crippen molar-refractivity contribution in [3.8, 4) is 0 Å². The number of hydroxylamine groups is 1. The van der Waals surface area contributed by atoms with Crippen LogP contribution in [-0.2, 0) is 9.63 Å². The van der Waals surface area contributed by atoms with E-state index in [9.17, 15) is 4.79 Å². The van der Waals surface area contributed by atoms with Gasteiger partial charge in [-0.3, -0.25) is 9.63 Å². The molecule has 0 heterocycles. The lowest BCUT2D eigenvalue weighted by atomic mass is 10.0. The van der Waals surface area contributed by atoms with Crippen LogP contribution >= 0.6 is 0 Å². The molecule has 1 saturated carbocycles. The molecule has 1 aliphatic carbocycles. The number of benzene rings is 1. The maximum Gasteiger partial charge on any atom is 0.245 e. The summed E-state index contributed by atoms with van der Waals surface area (Å²) in [6.07, 6.45) is 2.40. The third-order valence-electron chi connectivity index (χ3n) is 2.95. The number of primary amides is 1. The van der Waals surface area contributed by atoms with Gasteiger partial charge in [-0.2, -0.15) is 5.48 Å². The molecular formula is C13H18N2O2. The van der Waals surface area contributed by atoms with Gasteiger partial charge in [-0.1, -0.05) is 29.8 Å². The molecule has 1 unspecified atom stereocenters. The molecule has 2 rings (SSSR count). The van der Waals surface area contributed by atoms with Crippen LogP contribution in [0.1, 0.15) is 30.0 Å². The fourth-order valence-corrected chi connectivity index (χ4v) is 1.84. The number of hydrogen-bond acceptors (Lipinski definition) is 3. The molecule has 1 fully saturated rings. The second-order valence-electron chi connectivity index (χ2n) is 4.60. The summed E-state index contributed by atoms with van der Waals surface area (Å²) >= 11 is 0. The summed E-state index contributed by atoms with van der Waals surface area (Å²) in [4.78, 5) is 15.7. The molecule has 1 aromatic carbocycles. The molecule has 4 nitrogen and oxygen atoms in total. The Labute approximate surface area is 101 Å². The van der Waals surface area contributed by atoms with Gasteiger partial charge in [0.15, 0.2) is 0 Å². The second kappa shape index (κ2) is 5.29. The third kappa shape index (κ3) is 3.54. The monoisotopic (exact) mass is 234 g/mol. The normalized spacial score (nSPS) is 16.8. The van der Waals surface area contributed by atoms with Gasteiger partial charge in [0.1, 0.15) is 6.61 Å². The van der Waals surface area contributed by atoms with Crippen molar-refractivity contribution in [2.24, 2.45) is 11.7 Å². The summed E-state index contributed by atoms with van der Waals surface area (Å²) in [7, 11) is 0. The lowest BCUT2D eigenvalue weighted by Gasteiger charge is -2.18. The summed E-state index contributed by atoms with van der Waals surface area (Å²) < 4.78 is 0. The van der Waals surface area contributed by atoms with Crippen molar-refractivity contribution < 1.29 is 9.63 Å². The molecule has 0 aromatic heterocycles. The van der Waals surface area contributed by atoms with Gasteiger partial charge in [-0.25, -0.2) is 0 Å². The second-order valence-corrected chi connectivity index (χ2v) is 4.60. The average Bonchev–Trinajstić information content (AvgIpc) is 3.10.